The van der Waals surface area contributed by atoms with Gasteiger partial charge in [-0.2, -0.15) is 0 Å². The van der Waals surface area contributed by atoms with E-state index in [0.717, 1.165) is 24.8 Å². The largest absolute Gasteiger partial charge is 0.353 e. The lowest BCUT2D eigenvalue weighted by Gasteiger charge is -2.19. The molecule has 19 heavy (non-hydrogen) atoms. The number of hydrogen-bond donors (Lipinski definition) is 2. The van der Waals surface area contributed by atoms with E-state index in [1.54, 1.807) is 12.1 Å². The first kappa shape index (κ1) is 15.9. The highest BCUT2D eigenvalue weighted by molar-refractivity contribution is 5.85. The highest BCUT2D eigenvalue weighted by Gasteiger charge is 2.27. The van der Waals surface area contributed by atoms with Crippen molar-refractivity contribution in [2.75, 3.05) is 6.54 Å². The van der Waals surface area contributed by atoms with Gasteiger partial charge in [0.15, 0.2) is 0 Å². The highest BCUT2D eigenvalue weighted by atomic mass is 35.5. The molecular formula is C14H20ClFN2O. The van der Waals surface area contributed by atoms with Crippen molar-refractivity contribution in [1.82, 2.24) is 5.32 Å². The Labute approximate surface area is 119 Å². The molecule has 106 valence electrons. The third-order valence-corrected chi connectivity index (χ3v) is 3.59. The van der Waals surface area contributed by atoms with Crippen molar-refractivity contribution in [2.24, 2.45) is 11.7 Å². The van der Waals surface area contributed by atoms with Gasteiger partial charge in [-0.15, -0.1) is 12.4 Å². The van der Waals surface area contributed by atoms with Crippen LogP contribution in [0.25, 0.3) is 0 Å². The molecule has 0 bridgehead atoms. The molecule has 1 aromatic carbocycles. The van der Waals surface area contributed by atoms with Crippen molar-refractivity contribution in [2.45, 2.75) is 31.7 Å². The Hall–Kier alpha value is -1.13. The zero-order valence-corrected chi connectivity index (χ0v) is 11.6. The molecular weight excluding hydrogens is 267 g/mol. The van der Waals surface area contributed by atoms with Crippen molar-refractivity contribution < 1.29 is 9.18 Å². The van der Waals surface area contributed by atoms with E-state index in [-0.39, 0.29) is 30.2 Å². The van der Waals surface area contributed by atoms with E-state index in [2.05, 4.69) is 5.32 Å². The van der Waals surface area contributed by atoms with Gasteiger partial charge in [0.25, 0.3) is 0 Å². The maximum absolute atomic E-state index is 12.7. The van der Waals surface area contributed by atoms with Crippen LogP contribution < -0.4 is 11.1 Å². The number of hydrogen-bond acceptors (Lipinski definition) is 2. The van der Waals surface area contributed by atoms with Crippen molar-refractivity contribution in [3.05, 3.63) is 35.6 Å². The van der Waals surface area contributed by atoms with Gasteiger partial charge in [-0.1, -0.05) is 18.6 Å². The van der Waals surface area contributed by atoms with Crippen molar-refractivity contribution in [1.29, 1.82) is 0 Å². The Morgan fingerprint density at radius 3 is 2.63 bits per heavy atom. The summed E-state index contributed by atoms with van der Waals surface area (Å²) in [6, 6.07) is 6.25. The van der Waals surface area contributed by atoms with Crippen LogP contribution in [0.5, 0.6) is 0 Å². The lowest BCUT2D eigenvalue weighted by atomic mass is 10.0. The molecule has 1 aromatic rings. The topological polar surface area (TPSA) is 55.1 Å². The molecule has 0 radical (unpaired) electrons. The van der Waals surface area contributed by atoms with Crippen molar-refractivity contribution >= 4 is 18.3 Å². The van der Waals surface area contributed by atoms with Crippen LogP contribution in [0.3, 0.4) is 0 Å². The van der Waals surface area contributed by atoms with Crippen LogP contribution >= 0.6 is 12.4 Å². The van der Waals surface area contributed by atoms with E-state index in [9.17, 15) is 9.18 Å². The second-order valence-corrected chi connectivity index (χ2v) is 4.90. The smallest absolute Gasteiger partial charge is 0.224 e. The Morgan fingerprint density at radius 2 is 2.00 bits per heavy atom. The SMILES string of the molecule is Cl.NCC1CCCC1NC(=O)Cc1ccc(F)cc1. The van der Waals surface area contributed by atoms with Crippen LogP contribution in [0.4, 0.5) is 4.39 Å². The molecule has 5 heteroatoms. The van der Waals surface area contributed by atoms with Crippen LogP contribution in [0.2, 0.25) is 0 Å². The minimum Gasteiger partial charge on any atom is -0.353 e. The predicted molar refractivity (Wildman–Crippen MR) is 75.7 cm³/mol. The molecule has 1 aliphatic rings. The monoisotopic (exact) mass is 286 g/mol. The summed E-state index contributed by atoms with van der Waals surface area (Å²) in [5.74, 6) is 0.118. The predicted octanol–water partition coefficient (Wildman–Crippen LogP) is 2.03. The van der Waals surface area contributed by atoms with Crippen LogP contribution in [0, 0.1) is 11.7 Å². The van der Waals surface area contributed by atoms with Crippen LogP contribution in [0.15, 0.2) is 24.3 Å². The fraction of sp³-hybridized carbons (Fsp3) is 0.500. The summed E-state index contributed by atoms with van der Waals surface area (Å²) in [6.45, 7) is 0.626. The molecule has 1 amide bonds. The summed E-state index contributed by atoms with van der Waals surface area (Å²) in [5, 5.41) is 3.03. The van der Waals surface area contributed by atoms with Gasteiger partial charge in [-0.05, 0) is 43.0 Å². The van der Waals surface area contributed by atoms with Crippen molar-refractivity contribution in [3.8, 4) is 0 Å². The molecule has 0 saturated heterocycles. The molecule has 0 spiro atoms. The third kappa shape index (κ3) is 4.48. The number of nitrogens with two attached hydrogens (primary N) is 1. The number of carbonyl (C=O) groups is 1. The van der Waals surface area contributed by atoms with Gasteiger partial charge in [0.1, 0.15) is 5.82 Å². The van der Waals surface area contributed by atoms with E-state index in [1.807, 2.05) is 0 Å². The van der Waals surface area contributed by atoms with Gasteiger partial charge < -0.3 is 11.1 Å². The van der Waals surface area contributed by atoms with E-state index in [1.165, 1.54) is 12.1 Å². The van der Waals surface area contributed by atoms with E-state index >= 15 is 0 Å². The van der Waals surface area contributed by atoms with Gasteiger partial charge in [0.2, 0.25) is 5.91 Å². The van der Waals surface area contributed by atoms with Gasteiger partial charge in [0, 0.05) is 6.04 Å². The Balaban J connectivity index is 0.00000180. The van der Waals surface area contributed by atoms with E-state index < -0.39 is 0 Å². The molecule has 2 rings (SSSR count). The molecule has 1 aliphatic carbocycles. The third-order valence-electron chi connectivity index (χ3n) is 3.59. The Kier molecular flexibility index (Phi) is 6.25. The Bertz CT molecular complexity index is 410. The zero-order valence-electron chi connectivity index (χ0n) is 10.8. The number of carbonyl (C=O) groups excluding carboxylic acids is 1. The Morgan fingerprint density at radius 1 is 1.32 bits per heavy atom. The fourth-order valence-electron chi connectivity index (χ4n) is 2.55. The summed E-state index contributed by atoms with van der Waals surface area (Å²) in [4.78, 5) is 11.9. The maximum atomic E-state index is 12.7. The standard InChI is InChI=1S/C14H19FN2O.ClH/c15-12-6-4-10(5-7-12)8-14(18)17-13-3-1-2-11(13)9-16;/h4-7,11,13H,1-3,8-9,16H2,(H,17,18);1H. The van der Waals surface area contributed by atoms with Gasteiger partial charge in [-0.3, -0.25) is 4.79 Å². The quantitative estimate of drug-likeness (QED) is 0.890. The number of nitrogens with one attached hydrogen (secondary N) is 1. The van der Waals surface area contributed by atoms with E-state index in [4.69, 9.17) is 5.73 Å². The summed E-state index contributed by atoms with van der Waals surface area (Å²) < 4.78 is 12.7. The minimum absolute atomic E-state index is 0. The first-order chi connectivity index (χ1) is 8.69. The van der Waals surface area contributed by atoms with Crippen LogP contribution in [-0.4, -0.2) is 18.5 Å². The van der Waals surface area contributed by atoms with Gasteiger partial charge >= 0.3 is 0 Å². The molecule has 3 nitrogen and oxygen atoms in total. The lowest BCUT2D eigenvalue weighted by molar-refractivity contribution is -0.121. The zero-order chi connectivity index (χ0) is 13.0. The molecule has 2 unspecified atom stereocenters. The normalized spacial score (nSPS) is 21.8. The summed E-state index contributed by atoms with van der Waals surface area (Å²) in [5.41, 5.74) is 6.51. The molecule has 0 heterocycles. The summed E-state index contributed by atoms with van der Waals surface area (Å²) in [7, 11) is 0. The molecule has 0 aromatic heterocycles. The molecule has 1 fully saturated rings. The average molecular weight is 287 g/mol. The fourth-order valence-corrected chi connectivity index (χ4v) is 2.55. The summed E-state index contributed by atoms with van der Waals surface area (Å²) in [6.07, 6.45) is 3.53. The van der Waals surface area contributed by atoms with Crippen LogP contribution in [-0.2, 0) is 11.2 Å². The highest BCUT2D eigenvalue weighted by Crippen LogP contribution is 2.24. The number of amides is 1. The summed E-state index contributed by atoms with van der Waals surface area (Å²) >= 11 is 0. The van der Waals surface area contributed by atoms with Gasteiger partial charge in [-0.25, -0.2) is 4.39 Å². The first-order valence-corrected chi connectivity index (χ1v) is 6.43. The molecule has 1 saturated carbocycles. The number of halogens is 2. The molecule has 3 N–H and O–H groups in total. The molecule has 2 atom stereocenters. The second kappa shape index (κ2) is 7.46. The van der Waals surface area contributed by atoms with Gasteiger partial charge in [0.05, 0.1) is 6.42 Å². The van der Waals surface area contributed by atoms with Crippen LogP contribution in [0.1, 0.15) is 24.8 Å². The van der Waals surface area contributed by atoms with E-state index in [0.29, 0.717) is 18.9 Å². The number of benzene rings is 1. The lowest BCUT2D eigenvalue weighted by Crippen LogP contribution is -2.40. The molecule has 0 aliphatic heterocycles. The first-order valence-electron chi connectivity index (χ1n) is 6.43. The average Bonchev–Trinajstić information content (AvgIpc) is 2.79. The second-order valence-electron chi connectivity index (χ2n) is 4.90. The van der Waals surface area contributed by atoms with Crippen molar-refractivity contribution in [3.63, 3.8) is 0 Å². The maximum Gasteiger partial charge on any atom is 0.224 e. The number of rotatable bonds is 4. The minimum atomic E-state index is -0.279.